The first-order valence-corrected chi connectivity index (χ1v) is 6.18. The maximum Gasteiger partial charge on any atom is 0.0513 e. The number of aliphatic imine (C=N–C) groups is 1. The summed E-state index contributed by atoms with van der Waals surface area (Å²) in [7, 11) is 0. The number of nitrogens with zero attached hydrogens (tertiary/aromatic N) is 1. The average Bonchev–Trinajstić information content (AvgIpc) is 2.70. The van der Waals surface area contributed by atoms with Gasteiger partial charge in [0.1, 0.15) is 0 Å². The third-order valence-corrected chi connectivity index (χ3v) is 3.21. The van der Waals surface area contributed by atoms with Gasteiger partial charge in [-0.3, -0.25) is 4.99 Å². The van der Waals surface area contributed by atoms with Crippen molar-refractivity contribution in [1.82, 2.24) is 0 Å². The summed E-state index contributed by atoms with van der Waals surface area (Å²) in [5.41, 5.74) is 8.67. The Balaban J connectivity index is 1.89. The standard InChI is InChI=1S/C14H20N2/c1-2-3-6-12(15)9-11-10-16-14-8-5-4-7-13(11)14/h4-5,7-8,10,12-13H,2-3,6,9,15H2,1H3/t12-,13-/m0/s1. The highest BCUT2D eigenvalue weighted by Crippen LogP contribution is 2.28. The lowest BCUT2D eigenvalue weighted by Gasteiger charge is -2.17. The van der Waals surface area contributed by atoms with Crippen molar-refractivity contribution < 1.29 is 0 Å². The monoisotopic (exact) mass is 216 g/mol. The second-order valence-electron chi connectivity index (χ2n) is 4.59. The Morgan fingerprint density at radius 3 is 3.12 bits per heavy atom. The van der Waals surface area contributed by atoms with E-state index in [1.807, 2.05) is 12.3 Å². The molecule has 2 nitrogen and oxygen atoms in total. The minimum absolute atomic E-state index is 0.292. The molecule has 1 aliphatic heterocycles. The lowest BCUT2D eigenvalue weighted by atomic mass is 9.88. The molecule has 0 fully saturated rings. The molecule has 0 saturated heterocycles. The van der Waals surface area contributed by atoms with E-state index in [0.717, 1.165) is 12.8 Å². The maximum atomic E-state index is 6.13. The third-order valence-electron chi connectivity index (χ3n) is 3.21. The van der Waals surface area contributed by atoms with E-state index >= 15 is 0 Å². The van der Waals surface area contributed by atoms with E-state index in [0.29, 0.717) is 12.0 Å². The van der Waals surface area contributed by atoms with Gasteiger partial charge >= 0.3 is 0 Å². The fourth-order valence-electron chi connectivity index (χ4n) is 2.26. The summed E-state index contributed by atoms with van der Waals surface area (Å²) in [5.74, 6) is 0.401. The maximum absolute atomic E-state index is 6.13. The van der Waals surface area contributed by atoms with E-state index in [1.54, 1.807) is 0 Å². The van der Waals surface area contributed by atoms with Gasteiger partial charge in [-0.05, 0) is 24.5 Å². The van der Waals surface area contributed by atoms with Crippen LogP contribution in [0.5, 0.6) is 0 Å². The Labute approximate surface area is 97.6 Å². The van der Waals surface area contributed by atoms with Crippen LogP contribution in [0, 0.1) is 5.92 Å². The van der Waals surface area contributed by atoms with Crippen molar-refractivity contribution in [2.45, 2.75) is 38.6 Å². The summed E-state index contributed by atoms with van der Waals surface area (Å²) in [6, 6.07) is 0.292. The molecule has 1 aliphatic carbocycles. The average molecular weight is 216 g/mol. The fourth-order valence-corrected chi connectivity index (χ4v) is 2.26. The molecule has 0 radical (unpaired) electrons. The van der Waals surface area contributed by atoms with Crippen LogP contribution < -0.4 is 5.73 Å². The number of nitrogens with two attached hydrogens (primary N) is 1. The van der Waals surface area contributed by atoms with E-state index < -0.39 is 0 Å². The van der Waals surface area contributed by atoms with Crippen molar-refractivity contribution in [3.05, 3.63) is 36.1 Å². The van der Waals surface area contributed by atoms with Gasteiger partial charge in [-0.15, -0.1) is 0 Å². The highest BCUT2D eigenvalue weighted by atomic mass is 14.8. The van der Waals surface area contributed by atoms with Gasteiger partial charge in [0, 0.05) is 18.2 Å². The minimum Gasteiger partial charge on any atom is -0.327 e. The van der Waals surface area contributed by atoms with Crippen LogP contribution in [0.25, 0.3) is 0 Å². The first kappa shape index (κ1) is 11.3. The summed E-state index contributed by atoms with van der Waals surface area (Å²) >= 11 is 0. The number of allylic oxidation sites excluding steroid dienone is 4. The van der Waals surface area contributed by atoms with Crippen LogP contribution in [0.3, 0.4) is 0 Å². The van der Waals surface area contributed by atoms with Crippen LogP contribution in [0.15, 0.2) is 41.1 Å². The Bertz CT molecular complexity index is 361. The summed E-state index contributed by atoms with van der Waals surface area (Å²) in [6.07, 6.45) is 15.0. The van der Waals surface area contributed by atoms with E-state index in [4.69, 9.17) is 5.73 Å². The van der Waals surface area contributed by atoms with Crippen molar-refractivity contribution in [3.63, 3.8) is 0 Å². The van der Waals surface area contributed by atoms with Gasteiger partial charge in [-0.2, -0.15) is 0 Å². The molecule has 2 N–H and O–H groups in total. The highest BCUT2D eigenvalue weighted by Gasteiger charge is 2.23. The molecule has 2 rings (SSSR count). The van der Waals surface area contributed by atoms with Gasteiger partial charge in [-0.25, -0.2) is 0 Å². The Morgan fingerprint density at radius 2 is 2.31 bits per heavy atom. The Morgan fingerprint density at radius 1 is 1.44 bits per heavy atom. The van der Waals surface area contributed by atoms with Crippen molar-refractivity contribution in [3.8, 4) is 0 Å². The highest BCUT2D eigenvalue weighted by molar-refractivity contribution is 6.03. The van der Waals surface area contributed by atoms with E-state index in [9.17, 15) is 0 Å². The smallest absolute Gasteiger partial charge is 0.0513 e. The van der Waals surface area contributed by atoms with Gasteiger partial charge in [0.2, 0.25) is 0 Å². The van der Waals surface area contributed by atoms with E-state index in [1.165, 1.54) is 24.1 Å². The van der Waals surface area contributed by atoms with Crippen molar-refractivity contribution in [2.24, 2.45) is 16.6 Å². The van der Waals surface area contributed by atoms with Gasteiger partial charge < -0.3 is 5.73 Å². The number of rotatable bonds is 5. The predicted molar refractivity (Wildman–Crippen MR) is 69.4 cm³/mol. The summed E-state index contributed by atoms with van der Waals surface area (Å²) < 4.78 is 0. The molecule has 0 aromatic heterocycles. The Hall–Kier alpha value is -1.15. The van der Waals surface area contributed by atoms with E-state index in [-0.39, 0.29) is 0 Å². The molecule has 16 heavy (non-hydrogen) atoms. The SMILES string of the molecule is CCCC[C@H](N)CC1=CN=C2C=CC=C[C@@H]12. The lowest BCUT2D eigenvalue weighted by molar-refractivity contribution is 0.564. The molecule has 0 saturated carbocycles. The normalized spacial score (nSPS) is 24.0. The minimum atomic E-state index is 0.292. The zero-order valence-corrected chi connectivity index (χ0v) is 9.89. The molecule has 86 valence electrons. The predicted octanol–water partition coefficient (Wildman–Crippen LogP) is 2.97. The quantitative estimate of drug-likeness (QED) is 0.754. The number of fused-ring (bicyclic) bond motifs is 1. The number of hydrogen-bond donors (Lipinski definition) is 1. The molecular formula is C14H20N2. The molecule has 2 heteroatoms. The summed E-state index contributed by atoms with van der Waals surface area (Å²) in [5, 5.41) is 0. The molecule has 0 aromatic rings. The van der Waals surface area contributed by atoms with Crippen LogP contribution >= 0.6 is 0 Å². The van der Waals surface area contributed by atoms with Gasteiger partial charge in [0.05, 0.1) is 5.71 Å². The second-order valence-corrected chi connectivity index (χ2v) is 4.59. The van der Waals surface area contributed by atoms with Crippen molar-refractivity contribution in [1.29, 1.82) is 0 Å². The molecule has 1 heterocycles. The number of unbranched alkanes of at least 4 members (excludes halogenated alkanes) is 1. The van der Waals surface area contributed by atoms with Crippen molar-refractivity contribution in [2.75, 3.05) is 0 Å². The number of hydrogen-bond acceptors (Lipinski definition) is 2. The first-order chi connectivity index (χ1) is 7.81. The summed E-state index contributed by atoms with van der Waals surface area (Å²) in [6.45, 7) is 2.21. The lowest BCUT2D eigenvalue weighted by Crippen LogP contribution is -2.23. The van der Waals surface area contributed by atoms with Gasteiger partial charge in [0.25, 0.3) is 0 Å². The molecular weight excluding hydrogens is 196 g/mol. The zero-order valence-electron chi connectivity index (χ0n) is 9.89. The molecule has 0 bridgehead atoms. The largest absolute Gasteiger partial charge is 0.327 e. The molecule has 0 unspecified atom stereocenters. The first-order valence-electron chi connectivity index (χ1n) is 6.18. The van der Waals surface area contributed by atoms with Crippen LogP contribution in [0.4, 0.5) is 0 Å². The molecule has 0 aromatic carbocycles. The van der Waals surface area contributed by atoms with Gasteiger partial charge in [-0.1, -0.05) is 38.0 Å². The van der Waals surface area contributed by atoms with Crippen LogP contribution in [-0.4, -0.2) is 11.8 Å². The zero-order chi connectivity index (χ0) is 11.4. The molecule has 2 atom stereocenters. The topological polar surface area (TPSA) is 38.4 Å². The van der Waals surface area contributed by atoms with E-state index in [2.05, 4.69) is 30.1 Å². The second kappa shape index (κ2) is 5.26. The Kier molecular flexibility index (Phi) is 3.73. The molecule has 0 amide bonds. The van der Waals surface area contributed by atoms with Crippen LogP contribution in [0.2, 0.25) is 0 Å². The molecule has 0 spiro atoms. The van der Waals surface area contributed by atoms with Crippen molar-refractivity contribution >= 4 is 5.71 Å². The van der Waals surface area contributed by atoms with Crippen LogP contribution in [0.1, 0.15) is 32.6 Å². The van der Waals surface area contributed by atoms with Crippen LogP contribution in [-0.2, 0) is 0 Å². The fraction of sp³-hybridized carbons (Fsp3) is 0.500. The third kappa shape index (κ3) is 2.50. The molecule has 2 aliphatic rings. The summed E-state index contributed by atoms with van der Waals surface area (Å²) in [4.78, 5) is 4.43. The van der Waals surface area contributed by atoms with Gasteiger partial charge in [0.15, 0.2) is 0 Å².